The molecular formula is C32H44FN3O. The number of carbonyl (C=O) groups excluding carboxylic acids is 1. The number of hydrogen-bond donors (Lipinski definition) is 1. The second kappa shape index (κ2) is 14.7. The minimum absolute atomic E-state index is 0.0197. The van der Waals surface area contributed by atoms with Crippen molar-refractivity contribution < 1.29 is 9.18 Å². The standard InChI is InChI=1S/C29H38FN3O.C3H6/c1-3-4-8-27-9-5-6-17-32(27)18-7-16-31-29(34)24-12-13-25-21-33(22(2)28(25)19-24)20-23-10-14-26(30)15-11-23;1-3-2/h10-15,19,27H,2-9,16-18,20-21H2,1H3,(H,31,34);3H,1H2,2H3. The van der Waals surface area contributed by atoms with Crippen molar-refractivity contribution in [1.29, 1.82) is 0 Å². The molecule has 1 atom stereocenters. The SMILES string of the molecule is C=C1c2cc(C(=O)NCCCN3CCCCC3CCCC)ccc2CN1Cc1ccc(F)cc1.C=CC. The summed E-state index contributed by atoms with van der Waals surface area (Å²) in [6, 6.07) is 13.2. The Balaban J connectivity index is 0.00000121. The third-order valence-electron chi connectivity index (χ3n) is 7.26. The molecule has 0 bridgehead atoms. The maximum Gasteiger partial charge on any atom is 0.251 e. The molecule has 1 fully saturated rings. The highest BCUT2D eigenvalue weighted by Gasteiger charge is 2.24. The van der Waals surface area contributed by atoms with E-state index in [1.54, 1.807) is 18.2 Å². The number of rotatable bonds is 10. The van der Waals surface area contributed by atoms with Crippen molar-refractivity contribution in [1.82, 2.24) is 15.1 Å². The van der Waals surface area contributed by atoms with Crippen LogP contribution < -0.4 is 5.32 Å². The zero-order valence-corrected chi connectivity index (χ0v) is 22.8. The first-order valence-electron chi connectivity index (χ1n) is 13.9. The van der Waals surface area contributed by atoms with E-state index in [2.05, 4.69) is 35.2 Å². The minimum Gasteiger partial charge on any atom is -0.363 e. The van der Waals surface area contributed by atoms with Crippen LogP contribution in [0.4, 0.5) is 4.39 Å². The number of benzene rings is 2. The first-order chi connectivity index (χ1) is 18.0. The third-order valence-corrected chi connectivity index (χ3v) is 7.26. The molecule has 2 aliphatic heterocycles. The maximum atomic E-state index is 13.2. The number of nitrogens with one attached hydrogen (secondary N) is 1. The van der Waals surface area contributed by atoms with Crippen molar-refractivity contribution in [2.24, 2.45) is 0 Å². The Morgan fingerprint density at radius 3 is 2.65 bits per heavy atom. The molecule has 0 saturated carbocycles. The Bertz CT molecular complexity index is 1030. The lowest BCUT2D eigenvalue weighted by Crippen LogP contribution is -2.41. The summed E-state index contributed by atoms with van der Waals surface area (Å²) in [5.74, 6) is -0.246. The van der Waals surface area contributed by atoms with Gasteiger partial charge in [-0.1, -0.05) is 57.0 Å². The lowest BCUT2D eigenvalue weighted by molar-refractivity contribution is 0.0946. The van der Waals surface area contributed by atoms with Gasteiger partial charge in [-0.05, 0) is 74.5 Å². The Kier molecular flexibility index (Phi) is 11.4. The molecule has 1 amide bonds. The van der Waals surface area contributed by atoms with Crippen LogP contribution in [0.3, 0.4) is 0 Å². The van der Waals surface area contributed by atoms with Crippen LogP contribution >= 0.6 is 0 Å². The third kappa shape index (κ3) is 8.29. The van der Waals surface area contributed by atoms with E-state index in [1.165, 1.54) is 62.8 Å². The van der Waals surface area contributed by atoms with E-state index in [-0.39, 0.29) is 11.7 Å². The minimum atomic E-state index is -0.227. The molecule has 1 N–H and O–H groups in total. The summed E-state index contributed by atoms with van der Waals surface area (Å²) in [6.07, 6.45) is 10.6. The van der Waals surface area contributed by atoms with E-state index in [0.29, 0.717) is 18.7 Å². The van der Waals surface area contributed by atoms with Gasteiger partial charge < -0.3 is 15.1 Å². The number of piperidine rings is 1. The van der Waals surface area contributed by atoms with Gasteiger partial charge in [0.25, 0.3) is 5.91 Å². The van der Waals surface area contributed by atoms with Crippen molar-refractivity contribution in [2.75, 3.05) is 19.6 Å². The average Bonchev–Trinajstić information content (AvgIpc) is 3.21. The number of fused-ring (bicyclic) bond motifs is 1. The van der Waals surface area contributed by atoms with Gasteiger partial charge >= 0.3 is 0 Å². The van der Waals surface area contributed by atoms with Gasteiger partial charge in [0.2, 0.25) is 0 Å². The molecule has 2 heterocycles. The zero-order valence-electron chi connectivity index (χ0n) is 22.8. The molecule has 5 heteroatoms. The second-order valence-corrected chi connectivity index (χ2v) is 10.1. The van der Waals surface area contributed by atoms with E-state index in [0.717, 1.165) is 42.4 Å². The van der Waals surface area contributed by atoms with E-state index < -0.39 is 0 Å². The van der Waals surface area contributed by atoms with Crippen molar-refractivity contribution in [3.8, 4) is 0 Å². The fourth-order valence-electron chi connectivity index (χ4n) is 5.26. The molecule has 1 saturated heterocycles. The molecule has 0 aromatic heterocycles. The molecule has 2 aromatic rings. The molecule has 1 unspecified atom stereocenters. The number of hydrogen-bond acceptors (Lipinski definition) is 3. The quantitative estimate of drug-likeness (QED) is 0.275. The van der Waals surface area contributed by atoms with Crippen molar-refractivity contribution in [3.05, 3.63) is 89.8 Å². The van der Waals surface area contributed by atoms with Crippen LogP contribution in [0, 0.1) is 5.82 Å². The van der Waals surface area contributed by atoms with Crippen LogP contribution in [0.5, 0.6) is 0 Å². The summed E-state index contributed by atoms with van der Waals surface area (Å²) in [5.41, 5.74) is 4.84. The van der Waals surface area contributed by atoms with Gasteiger partial charge in [0.1, 0.15) is 5.82 Å². The Hall–Kier alpha value is -2.92. The van der Waals surface area contributed by atoms with Gasteiger partial charge in [-0.15, -0.1) is 6.58 Å². The Labute approximate surface area is 223 Å². The number of nitrogens with zero attached hydrogens (tertiary/aromatic N) is 2. The van der Waals surface area contributed by atoms with Crippen LogP contribution in [0.1, 0.15) is 85.8 Å². The first kappa shape index (κ1) is 28.6. The number of amides is 1. The maximum absolute atomic E-state index is 13.2. The van der Waals surface area contributed by atoms with Gasteiger partial charge in [0, 0.05) is 49.0 Å². The molecule has 37 heavy (non-hydrogen) atoms. The Morgan fingerprint density at radius 1 is 1.16 bits per heavy atom. The summed E-state index contributed by atoms with van der Waals surface area (Å²) in [4.78, 5) is 17.6. The predicted octanol–water partition coefficient (Wildman–Crippen LogP) is 7.17. The summed E-state index contributed by atoms with van der Waals surface area (Å²) in [7, 11) is 0. The molecule has 0 aliphatic carbocycles. The van der Waals surface area contributed by atoms with E-state index in [4.69, 9.17) is 0 Å². The number of allylic oxidation sites excluding steroid dienone is 1. The van der Waals surface area contributed by atoms with Gasteiger partial charge in [0.05, 0.1) is 0 Å². The van der Waals surface area contributed by atoms with Crippen molar-refractivity contribution in [3.63, 3.8) is 0 Å². The number of unbranched alkanes of at least 4 members (excludes halogenated alkanes) is 1. The molecule has 2 aliphatic rings. The number of likely N-dealkylation sites (tertiary alicyclic amines) is 1. The zero-order chi connectivity index (χ0) is 26.6. The fraction of sp³-hybridized carbons (Fsp3) is 0.469. The summed E-state index contributed by atoms with van der Waals surface area (Å²) < 4.78 is 13.2. The summed E-state index contributed by atoms with van der Waals surface area (Å²) >= 11 is 0. The van der Waals surface area contributed by atoms with Gasteiger partial charge in [-0.25, -0.2) is 4.39 Å². The Morgan fingerprint density at radius 2 is 1.92 bits per heavy atom. The van der Waals surface area contributed by atoms with Crippen LogP contribution in [0.15, 0.2) is 61.7 Å². The smallest absolute Gasteiger partial charge is 0.251 e. The molecule has 200 valence electrons. The van der Waals surface area contributed by atoms with Gasteiger partial charge in [-0.3, -0.25) is 4.79 Å². The van der Waals surface area contributed by atoms with Crippen molar-refractivity contribution >= 4 is 11.6 Å². The highest BCUT2D eigenvalue weighted by atomic mass is 19.1. The topological polar surface area (TPSA) is 35.6 Å². The normalized spacial score (nSPS) is 17.1. The van der Waals surface area contributed by atoms with Crippen LogP contribution in [-0.2, 0) is 13.1 Å². The fourth-order valence-corrected chi connectivity index (χ4v) is 5.26. The van der Waals surface area contributed by atoms with Crippen LogP contribution in [-0.4, -0.2) is 41.4 Å². The molecule has 2 aromatic carbocycles. The number of carbonyl (C=O) groups is 1. The average molecular weight is 506 g/mol. The van der Waals surface area contributed by atoms with Gasteiger partial charge in [0.15, 0.2) is 0 Å². The van der Waals surface area contributed by atoms with Gasteiger partial charge in [-0.2, -0.15) is 0 Å². The largest absolute Gasteiger partial charge is 0.363 e. The lowest BCUT2D eigenvalue weighted by atomic mass is 9.97. The summed E-state index contributed by atoms with van der Waals surface area (Å²) in [6.45, 7) is 16.2. The van der Waals surface area contributed by atoms with E-state index in [9.17, 15) is 9.18 Å². The van der Waals surface area contributed by atoms with Crippen LogP contribution in [0.2, 0.25) is 0 Å². The van der Waals surface area contributed by atoms with E-state index >= 15 is 0 Å². The second-order valence-electron chi connectivity index (χ2n) is 10.1. The monoisotopic (exact) mass is 505 g/mol. The molecule has 0 spiro atoms. The molecule has 4 rings (SSSR count). The highest BCUT2D eigenvalue weighted by Crippen LogP contribution is 2.33. The number of halogens is 1. The highest BCUT2D eigenvalue weighted by molar-refractivity contribution is 5.95. The molecular weight excluding hydrogens is 461 g/mol. The van der Waals surface area contributed by atoms with Crippen molar-refractivity contribution in [2.45, 2.75) is 77.9 Å². The van der Waals surface area contributed by atoms with Crippen LogP contribution in [0.25, 0.3) is 5.70 Å². The molecule has 0 radical (unpaired) electrons. The van der Waals surface area contributed by atoms with E-state index in [1.807, 2.05) is 25.1 Å². The summed E-state index contributed by atoms with van der Waals surface area (Å²) in [5, 5.41) is 3.11. The molecule has 4 nitrogen and oxygen atoms in total. The predicted molar refractivity (Wildman–Crippen MR) is 153 cm³/mol. The first-order valence-corrected chi connectivity index (χ1v) is 13.9. The lowest BCUT2D eigenvalue weighted by Gasteiger charge is -2.36.